The summed E-state index contributed by atoms with van der Waals surface area (Å²) in [5.74, 6) is 1.02. The summed E-state index contributed by atoms with van der Waals surface area (Å²) in [5, 5.41) is 0. The van der Waals surface area contributed by atoms with Crippen LogP contribution in [0.25, 0.3) is 0 Å². The average molecular weight is 275 g/mol. The first kappa shape index (κ1) is 15.8. The van der Waals surface area contributed by atoms with E-state index in [2.05, 4.69) is 6.92 Å². The van der Waals surface area contributed by atoms with Gasteiger partial charge in [-0.15, -0.1) is 12.4 Å². The van der Waals surface area contributed by atoms with Crippen LogP contribution in [0, 0.1) is 11.3 Å². The number of rotatable bonds is 3. The van der Waals surface area contributed by atoms with Crippen molar-refractivity contribution in [1.29, 1.82) is 0 Å². The zero-order chi connectivity index (χ0) is 12.3. The van der Waals surface area contributed by atoms with E-state index in [1.54, 1.807) is 0 Å². The van der Waals surface area contributed by atoms with E-state index in [1.807, 2.05) is 4.90 Å². The summed E-state index contributed by atoms with van der Waals surface area (Å²) in [6, 6.07) is 0. The largest absolute Gasteiger partial charge is 0.342 e. The first-order valence-electron chi connectivity index (χ1n) is 7.11. The molecule has 1 atom stereocenters. The second-order valence-electron chi connectivity index (χ2n) is 6.29. The van der Waals surface area contributed by atoms with E-state index in [0.29, 0.717) is 18.4 Å². The van der Waals surface area contributed by atoms with Crippen LogP contribution in [0.5, 0.6) is 0 Å². The van der Waals surface area contributed by atoms with Gasteiger partial charge in [-0.2, -0.15) is 0 Å². The molecule has 3 nitrogen and oxygen atoms in total. The van der Waals surface area contributed by atoms with Crippen molar-refractivity contribution < 1.29 is 4.79 Å². The van der Waals surface area contributed by atoms with Gasteiger partial charge in [0.05, 0.1) is 0 Å². The second kappa shape index (κ2) is 6.76. The van der Waals surface area contributed by atoms with Gasteiger partial charge >= 0.3 is 0 Å². The predicted molar refractivity (Wildman–Crippen MR) is 76.8 cm³/mol. The number of amides is 1. The maximum Gasteiger partial charge on any atom is 0.222 e. The number of hydrogen-bond acceptors (Lipinski definition) is 2. The Bertz CT molecular complexity index is 279. The molecule has 1 amide bonds. The van der Waals surface area contributed by atoms with Crippen molar-refractivity contribution in [2.24, 2.45) is 17.1 Å². The Morgan fingerprint density at radius 2 is 2.00 bits per heavy atom. The van der Waals surface area contributed by atoms with Crippen LogP contribution < -0.4 is 5.73 Å². The third-order valence-electron chi connectivity index (χ3n) is 4.59. The van der Waals surface area contributed by atoms with Gasteiger partial charge in [0.25, 0.3) is 0 Å². The number of carbonyl (C=O) groups is 1. The summed E-state index contributed by atoms with van der Waals surface area (Å²) in [6.45, 7) is 4.68. The molecule has 4 heteroatoms. The zero-order valence-corrected chi connectivity index (χ0v) is 12.3. The number of nitrogens with two attached hydrogens (primary N) is 1. The summed E-state index contributed by atoms with van der Waals surface area (Å²) in [7, 11) is 0. The minimum absolute atomic E-state index is 0. The molecule has 2 N–H and O–H groups in total. The number of hydrogen-bond donors (Lipinski definition) is 1. The quantitative estimate of drug-likeness (QED) is 0.860. The molecule has 0 aromatic rings. The van der Waals surface area contributed by atoms with Crippen LogP contribution >= 0.6 is 12.4 Å². The Morgan fingerprint density at radius 3 is 2.56 bits per heavy atom. The van der Waals surface area contributed by atoms with E-state index in [-0.39, 0.29) is 17.8 Å². The highest BCUT2D eigenvalue weighted by Gasteiger charge is 2.35. The molecule has 1 unspecified atom stereocenters. The highest BCUT2D eigenvalue weighted by molar-refractivity contribution is 5.85. The Morgan fingerprint density at radius 1 is 1.33 bits per heavy atom. The fourth-order valence-electron chi connectivity index (χ4n) is 3.17. The van der Waals surface area contributed by atoms with Gasteiger partial charge in [0.15, 0.2) is 0 Å². The number of carbonyl (C=O) groups excluding carboxylic acids is 1. The molecule has 18 heavy (non-hydrogen) atoms. The van der Waals surface area contributed by atoms with Crippen molar-refractivity contribution in [3.63, 3.8) is 0 Å². The van der Waals surface area contributed by atoms with Crippen molar-refractivity contribution in [3.8, 4) is 0 Å². The van der Waals surface area contributed by atoms with Crippen LogP contribution in [0.1, 0.15) is 51.9 Å². The van der Waals surface area contributed by atoms with E-state index in [0.717, 1.165) is 25.9 Å². The average Bonchev–Trinajstić information content (AvgIpc) is 2.74. The van der Waals surface area contributed by atoms with Gasteiger partial charge in [-0.25, -0.2) is 0 Å². The SMILES string of the molecule is CC1(CN)CCN(C(=O)CC2CCCCC2)C1.Cl. The van der Waals surface area contributed by atoms with Gasteiger partial charge in [-0.1, -0.05) is 26.2 Å². The van der Waals surface area contributed by atoms with Crippen molar-refractivity contribution in [1.82, 2.24) is 4.90 Å². The van der Waals surface area contributed by atoms with Gasteiger partial charge in [-0.05, 0) is 37.1 Å². The van der Waals surface area contributed by atoms with E-state index in [4.69, 9.17) is 5.73 Å². The van der Waals surface area contributed by atoms with Crippen LogP contribution in [-0.2, 0) is 4.79 Å². The number of likely N-dealkylation sites (tertiary alicyclic amines) is 1. The third kappa shape index (κ3) is 3.86. The summed E-state index contributed by atoms with van der Waals surface area (Å²) in [6.07, 6.45) is 8.36. The van der Waals surface area contributed by atoms with Crippen LogP contribution in [0.15, 0.2) is 0 Å². The molecule has 1 aliphatic heterocycles. The van der Waals surface area contributed by atoms with Gasteiger partial charge in [0, 0.05) is 19.5 Å². The molecule has 1 saturated carbocycles. The smallest absolute Gasteiger partial charge is 0.222 e. The monoisotopic (exact) mass is 274 g/mol. The lowest BCUT2D eigenvalue weighted by molar-refractivity contribution is -0.131. The summed E-state index contributed by atoms with van der Waals surface area (Å²) in [5.41, 5.74) is 5.95. The molecule has 1 saturated heterocycles. The van der Waals surface area contributed by atoms with Crippen LogP contribution in [0.2, 0.25) is 0 Å². The molecule has 2 fully saturated rings. The van der Waals surface area contributed by atoms with Gasteiger partial charge < -0.3 is 10.6 Å². The van der Waals surface area contributed by atoms with Crippen molar-refractivity contribution in [2.75, 3.05) is 19.6 Å². The third-order valence-corrected chi connectivity index (χ3v) is 4.59. The standard InChI is InChI=1S/C14H26N2O.ClH/c1-14(10-15)7-8-16(11-14)13(17)9-12-5-3-2-4-6-12;/h12H,2-11,15H2,1H3;1H. The highest BCUT2D eigenvalue weighted by atomic mass is 35.5. The maximum absolute atomic E-state index is 12.2. The maximum atomic E-state index is 12.2. The first-order valence-corrected chi connectivity index (χ1v) is 7.11. The first-order chi connectivity index (χ1) is 8.13. The summed E-state index contributed by atoms with van der Waals surface area (Å²) >= 11 is 0. The topological polar surface area (TPSA) is 46.3 Å². The highest BCUT2D eigenvalue weighted by Crippen LogP contribution is 2.31. The number of nitrogens with zero attached hydrogens (tertiary/aromatic N) is 1. The van der Waals surface area contributed by atoms with Crippen molar-refractivity contribution in [3.05, 3.63) is 0 Å². The minimum atomic E-state index is 0. The molecular formula is C14H27ClN2O. The van der Waals surface area contributed by atoms with Crippen molar-refractivity contribution in [2.45, 2.75) is 51.9 Å². The molecule has 106 valence electrons. The van der Waals surface area contributed by atoms with Crippen LogP contribution in [-0.4, -0.2) is 30.4 Å². The van der Waals surface area contributed by atoms with Crippen molar-refractivity contribution >= 4 is 18.3 Å². The molecule has 2 rings (SSSR count). The Hall–Kier alpha value is -0.280. The number of halogens is 1. The Balaban J connectivity index is 0.00000162. The lowest BCUT2D eigenvalue weighted by atomic mass is 9.86. The summed E-state index contributed by atoms with van der Waals surface area (Å²) in [4.78, 5) is 14.2. The predicted octanol–water partition coefficient (Wildman–Crippen LogP) is 2.58. The molecule has 2 aliphatic rings. The van der Waals surface area contributed by atoms with Gasteiger partial charge in [0.1, 0.15) is 0 Å². The lowest BCUT2D eigenvalue weighted by Gasteiger charge is -2.26. The zero-order valence-electron chi connectivity index (χ0n) is 11.5. The fourth-order valence-corrected chi connectivity index (χ4v) is 3.17. The normalized spacial score (nSPS) is 29.1. The molecular weight excluding hydrogens is 248 g/mol. The molecule has 0 bridgehead atoms. The molecule has 0 aromatic heterocycles. The van der Waals surface area contributed by atoms with Crippen LogP contribution in [0.3, 0.4) is 0 Å². The Kier molecular flexibility index (Phi) is 5.93. The minimum Gasteiger partial charge on any atom is -0.342 e. The summed E-state index contributed by atoms with van der Waals surface area (Å²) < 4.78 is 0. The molecule has 1 aliphatic carbocycles. The van der Waals surface area contributed by atoms with E-state index in [1.165, 1.54) is 32.1 Å². The lowest BCUT2D eigenvalue weighted by Crippen LogP contribution is -2.35. The Labute approximate surface area is 117 Å². The van der Waals surface area contributed by atoms with Gasteiger partial charge in [0.2, 0.25) is 5.91 Å². The second-order valence-corrected chi connectivity index (χ2v) is 6.29. The van der Waals surface area contributed by atoms with E-state index in [9.17, 15) is 4.79 Å². The van der Waals surface area contributed by atoms with Crippen LogP contribution in [0.4, 0.5) is 0 Å². The molecule has 0 aromatic carbocycles. The molecule has 0 radical (unpaired) electrons. The van der Waals surface area contributed by atoms with E-state index >= 15 is 0 Å². The fraction of sp³-hybridized carbons (Fsp3) is 0.929. The molecule has 1 heterocycles. The van der Waals surface area contributed by atoms with Gasteiger partial charge in [-0.3, -0.25) is 4.79 Å². The van der Waals surface area contributed by atoms with E-state index < -0.39 is 0 Å². The molecule has 0 spiro atoms.